The minimum Gasteiger partial charge on any atom is -0.481 e. The van der Waals surface area contributed by atoms with E-state index in [1.165, 1.54) is 0 Å². The van der Waals surface area contributed by atoms with Gasteiger partial charge in [-0.05, 0) is 39.0 Å². The van der Waals surface area contributed by atoms with Crippen LogP contribution in [0.1, 0.15) is 64.6 Å². The molecule has 0 saturated heterocycles. The van der Waals surface area contributed by atoms with Crippen molar-refractivity contribution in [3.8, 4) is 0 Å². The highest BCUT2D eigenvalue weighted by molar-refractivity contribution is 5.71. The number of aromatic nitrogens is 2. The molecule has 1 aromatic rings. The van der Waals surface area contributed by atoms with E-state index in [2.05, 4.69) is 17.1 Å². The molecule has 0 aromatic carbocycles. The Labute approximate surface area is 124 Å². The van der Waals surface area contributed by atoms with Gasteiger partial charge in [0.05, 0.1) is 11.8 Å². The number of nitrogens with zero attached hydrogens (tertiary/aromatic N) is 2. The first-order chi connectivity index (χ1) is 9.91. The molecule has 6 nitrogen and oxygen atoms in total. The molecule has 1 fully saturated rings. The van der Waals surface area contributed by atoms with Gasteiger partial charge >= 0.3 is 5.97 Å². The number of aliphatic carboxylic acids is 1. The van der Waals surface area contributed by atoms with Crippen molar-refractivity contribution in [2.75, 3.05) is 6.61 Å². The molecule has 1 aromatic heterocycles. The molecule has 4 unspecified atom stereocenters. The summed E-state index contributed by atoms with van der Waals surface area (Å²) in [5.41, 5.74) is -0.584. The van der Waals surface area contributed by atoms with Gasteiger partial charge in [-0.3, -0.25) is 4.79 Å². The molecule has 1 heterocycles. The van der Waals surface area contributed by atoms with Gasteiger partial charge < -0.3 is 14.4 Å². The van der Waals surface area contributed by atoms with E-state index in [0.29, 0.717) is 30.7 Å². The lowest BCUT2D eigenvalue weighted by atomic mass is 9.96. The fourth-order valence-electron chi connectivity index (χ4n) is 3.08. The Morgan fingerprint density at radius 1 is 1.48 bits per heavy atom. The highest BCUT2D eigenvalue weighted by Crippen LogP contribution is 2.43. The van der Waals surface area contributed by atoms with E-state index >= 15 is 0 Å². The highest BCUT2D eigenvalue weighted by Gasteiger charge is 2.42. The van der Waals surface area contributed by atoms with E-state index in [9.17, 15) is 9.90 Å². The number of carboxylic acids is 1. The standard InChI is InChI=1S/C15H24N2O4/c1-5-15(4,20-6-2)14-16-12(21-17-14)10-7-9(3)8-11(10)13(18)19/h9-11H,5-8H2,1-4H3,(H,18,19). The number of rotatable bonds is 6. The van der Waals surface area contributed by atoms with E-state index in [-0.39, 0.29) is 5.92 Å². The van der Waals surface area contributed by atoms with Gasteiger partial charge in [0, 0.05) is 6.61 Å². The molecule has 2 rings (SSSR count). The van der Waals surface area contributed by atoms with Crippen molar-refractivity contribution in [2.45, 2.75) is 58.5 Å². The van der Waals surface area contributed by atoms with Gasteiger partial charge in [-0.15, -0.1) is 0 Å². The first kappa shape index (κ1) is 15.9. The second-order valence-corrected chi connectivity index (χ2v) is 6.10. The van der Waals surface area contributed by atoms with E-state index in [1.54, 1.807) is 0 Å². The summed E-state index contributed by atoms with van der Waals surface area (Å²) in [6.45, 7) is 8.48. The molecule has 6 heteroatoms. The van der Waals surface area contributed by atoms with Crippen molar-refractivity contribution in [3.63, 3.8) is 0 Å². The highest BCUT2D eigenvalue weighted by atomic mass is 16.5. The van der Waals surface area contributed by atoms with Gasteiger partial charge in [0.25, 0.3) is 0 Å². The zero-order valence-corrected chi connectivity index (χ0v) is 13.1. The molecule has 0 spiro atoms. The van der Waals surface area contributed by atoms with Crippen molar-refractivity contribution >= 4 is 5.97 Å². The zero-order valence-electron chi connectivity index (χ0n) is 13.1. The molecule has 0 radical (unpaired) electrons. The average Bonchev–Trinajstić information content (AvgIpc) is 3.05. The largest absolute Gasteiger partial charge is 0.481 e. The molecule has 0 aliphatic heterocycles. The van der Waals surface area contributed by atoms with E-state index in [0.717, 1.165) is 12.8 Å². The van der Waals surface area contributed by atoms with Gasteiger partial charge in [-0.25, -0.2) is 0 Å². The van der Waals surface area contributed by atoms with Crippen molar-refractivity contribution in [2.24, 2.45) is 11.8 Å². The lowest BCUT2D eigenvalue weighted by molar-refractivity contribution is -0.142. The van der Waals surface area contributed by atoms with E-state index in [4.69, 9.17) is 9.26 Å². The molecule has 1 aliphatic rings. The Balaban J connectivity index is 2.25. The first-order valence-electron chi connectivity index (χ1n) is 7.62. The molecule has 0 bridgehead atoms. The monoisotopic (exact) mass is 296 g/mol. The van der Waals surface area contributed by atoms with Gasteiger partial charge in [0.15, 0.2) is 0 Å². The Hall–Kier alpha value is -1.43. The molecule has 1 aliphatic carbocycles. The van der Waals surface area contributed by atoms with Crippen LogP contribution in [0.5, 0.6) is 0 Å². The minimum absolute atomic E-state index is 0.193. The third-order valence-corrected chi connectivity index (χ3v) is 4.49. The van der Waals surface area contributed by atoms with Crippen LogP contribution in [0.25, 0.3) is 0 Å². The summed E-state index contributed by atoms with van der Waals surface area (Å²) in [5.74, 6) is -0.121. The topological polar surface area (TPSA) is 85.5 Å². The van der Waals surface area contributed by atoms with Crippen LogP contribution in [0.15, 0.2) is 4.52 Å². The SMILES string of the molecule is CCOC(C)(CC)c1noc(C2CC(C)CC2C(=O)O)n1. The normalized spacial score (nSPS) is 28.5. The second kappa shape index (κ2) is 6.13. The molecular weight excluding hydrogens is 272 g/mol. The number of ether oxygens (including phenoxy) is 1. The van der Waals surface area contributed by atoms with Crippen LogP contribution >= 0.6 is 0 Å². The summed E-state index contributed by atoms with van der Waals surface area (Å²) < 4.78 is 11.1. The number of carboxylic acid groups (broad SMARTS) is 1. The quantitative estimate of drug-likeness (QED) is 0.868. The Morgan fingerprint density at radius 3 is 2.76 bits per heavy atom. The Kier molecular flexibility index (Phi) is 4.66. The van der Waals surface area contributed by atoms with Gasteiger partial charge in [-0.2, -0.15) is 4.98 Å². The molecule has 1 N–H and O–H groups in total. The first-order valence-corrected chi connectivity index (χ1v) is 7.62. The average molecular weight is 296 g/mol. The molecule has 0 amide bonds. The predicted octanol–water partition coefficient (Wildman–Crippen LogP) is 2.95. The summed E-state index contributed by atoms with van der Waals surface area (Å²) in [7, 11) is 0. The molecular formula is C15H24N2O4. The Bertz CT molecular complexity index is 502. The molecule has 4 atom stereocenters. The van der Waals surface area contributed by atoms with Gasteiger partial charge in [0.1, 0.15) is 5.60 Å². The molecule has 118 valence electrons. The lowest BCUT2D eigenvalue weighted by Gasteiger charge is -2.23. The molecule has 21 heavy (non-hydrogen) atoms. The van der Waals surface area contributed by atoms with Crippen LogP contribution in [-0.2, 0) is 15.1 Å². The van der Waals surface area contributed by atoms with Crippen molar-refractivity contribution < 1.29 is 19.2 Å². The van der Waals surface area contributed by atoms with Gasteiger partial charge in [0.2, 0.25) is 11.7 Å². The van der Waals surface area contributed by atoms with Crippen LogP contribution in [0.3, 0.4) is 0 Å². The second-order valence-electron chi connectivity index (χ2n) is 6.10. The lowest BCUT2D eigenvalue weighted by Crippen LogP contribution is -2.26. The van der Waals surface area contributed by atoms with Gasteiger partial charge in [-0.1, -0.05) is 19.0 Å². The Morgan fingerprint density at radius 2 is 2.19 bits per heavy atom. The summed E-state index contributed by atoms with van der Waals surface area (Å²) in [4.78, 5) is 15.8. The van der Waals surface area contributed by atoms with Crippen molar-refractivity contribution in [1.29, 1.82) is 0 Å². The third-order valence-electron chi connectivity index (χ3n) is 4.49. The minimum atomic E-state index is -0.785. The maximum absolute atomic E-state index is 11.4. The number of carbonyl (C=O) groups is 1. The number of hydrogen-bond donors (Lipinski definition) is 1. The summed E-state index contributed by atoms with van der Waals surface area (Å²) in [6, 6.07) is 0. The van der Waals surface area contributed by atoms with Crippen LogP contribution in [0, 0.1) is 11.8 Å². The third kappa shape index (κ3) is 3.10. The number of hydrogen-bond acceptors (Lipinski definition) is 5. The van der Waals surface area contributed by atoms with E-state index < -0.39 is 17.5 Å². The maximum Gasteiger partial charge on any atom is 0.307 e. The van der Waals surface area contributed by atoms with Crippen LogP contribution in [0.2, 0.25) is 0 Å². The van der Waals surface area contributed by atoms with Crippen molar-refractivity contribution in [3.05, 3.63) is 11.7 Å². The summed E-state index contributed by atoms with van der Waals surface area (Å²) >= 11 is 0. The fraction of sp³-hybridized carbons (Fsp3) is 0.800. The summed E-state index contributed by atoms with van der Waals surface area (Å²) in [5, 5.41) is 13.4. The summed E-state index contributed by atoms with van der Waals surface area (Å²) in [6.07, 6.45) is 2.16. The van der Waals surface area contributed by atoms with E-state index in [1.807, 2.05) is 20.8 Å². The maximum atomic E-state index is 11.4. The van der Waals surface area contributed by atoms with Crippen LogP contribution in [-0.4, -0.2) is 27.8 Å². The predicted molar refractivity (Wildman–Crippen MR) is 75.8 cm³/mol. The molecule has 1 saturated carbocycles. The van der Waals surface area contributed by atoms with Crippen LogP contribution in [0.4, 0.5) is 0 Å². The van der Waals surface area contributed by atoms with Crippen LogP contribution < -0.4 is 0 Å². The van der Waals surface area contributed by atoms with Crippen molar-refractivity contribution in [1.82, 2.24) is 10.1 Å². The smallest absolute Gasteiger partial charge is 0.307 e. The zero-order chi connectivity index (χ0) is 15.6. The fourth-order valence-corrected chi connectivity index (χ4v) is 3.08.